The fourth-order valence-corrected chi connectivity index (χ4v) is 4.95. The smallest absolute Gasteiger partial charge is 0.240 e. The predicted molar refractivity (Wildman–Crippen MR) is 120 cm³/mol. The minimum Gasteiger partial charge on any atom is -0.497 e. The molecule has 2 aliphatic rings. The van der Waals surface area contributed by atoms with E-state index in [0.29, 0.717) is 45.9 Å². The number of anilines is 1. The summed E-state index contributed by atoms with van der Waals surface area (Å²) >= 11 is 12.9. The van der Waals surface area contributed by atoms with Gasteiger partial charge < -0.3 is 24.3 Å². The zero-order valence-electron chi connectivity index (χ0n) is 17.4. The Morgan fingerprint density at radius 3 is 2.50 bits per heavy atom. The van der Waals surface area contributed by atoms with Crippen LogP contribution in [0.1, 0.15) is 29.2 Å². The van der Waals surface area contributed by atoms with Gasteiger partial charge in [-0.3, -0.25) is 0 Å². The number of hydrogen-bond donors (Lipinski definition) is 1. The summed E-state index contributed by atoms with van der Waals surface area (Å²) in [6.07, 6.45) is 0.358. The quantitative estimate of drug-likeness (QED) is 0.468. The van der Waals surface area contributed by atoms with Crippen LogP contribution in [0.3, 0.4) is 0 Å². The van der Waals surface area contributed by atoms with Crippen molar-refractivity contribution in [1.82, 2.24) is 0 Å². The summed E-state index contributed by atoms with van der Waals surface area (Å²) in [5, 5.41) is 4.40. The highest BCUT2D eigenvalue weighted by Gasteiger charge is 2.49. The minimum absolute atomic E-state index is 0.318. The van der Waals surface area contributed by atoms with Crippen molar-refractivity contribution >= 4 is 28.9 Å². The Kier molecular flexibility index (Phi) is 5.32. The van der Waals surface area contributed by atoms with Crippen LogP contribution in [-0.4, -0.2) is 14.2 Å². The molecule has 0 bridgehead atoms. The van der Waals surface area contributed by atoms with E-state index in [1.54, 1.807) is 38.5 Å². The van der Waals surface area contributed by atoms with Crippen molar-refractivity contribution in [3.8, 4) is 17.2 Å². The number of hydrogen-bond acceptors (Lipinski definition) is 5. The van der Waals surface area contributed by atoms with Crippen LogP contribution >= 0.6 is 23.2 Å². The molecule has 0 saturated heterocycles. The summed E-state index contributed by atoms with van der Waals surface area (Å²) < 4.78 is 37.4. The monoisotopic (exact) mass is 475 g/mol. The Morgan fingerprint density at radius 2 is 1.78 bits per heavy atom. The molecule has 3 aromatic rings. The van der Waals surface area contributed by atoms with E-state index in [0.717, 1.165) is 16.8 Å². The summed E-state index contributed by atoms with van der Waals surface area (Å²) in [5.74, 6) is 0.243. The number of benzene rings is 3. The second-order valence-electron chi connectivity index (χ2n) is 7.75. The third-order valence-electron chi connectivity index (χ3n) is 5.79. The van der Waals surface area contributed by atoms with Gasteiger partial charge in [0.05, 0.1) is 31.9 Å². The van der Waals surface area contributed by atoms with Crippen LogP contribution in [0.2, 0.25) is 10.0 Å². The number of methoxy groups -OCH3 is 2. The van der Waals surface area contributed by atoms with E-state index in [9.17, 15) is 4.39 Å². The number of nitrogens with one attached hydrogen (secondary N) is 1. The van der Waals surface area contributed by atoms with Crippen molar-refractivity contribution in [2.75, 3.05) is 19.5 Å². The molecule has 0 amide bonds. The lowest BCUT2D eigenvalue weighted by Crippen LogP contribution is -2.40. The molecule has 5 nitrogen and oxygen atoms in total. The van der Waals surface area contributed by atoms with Crippen molar-refractivity contribution < 1.29 is 23.3 Å². The van der Waals surface area contributed by atoms with Crippen molar-refractivity contribution in [3.63, 3.8) is 0 Å². The molecule has 0 aliphatic carbocycles. The largest absolute Gasteiger partial charge is 0.497 e. The first-order valence-corrected chi connectivity index (χ1v) is 10.8. The molecule has 0 radical (unpaired) electrons. The van der Waals surface area contributed by atoms with E-state index >= 15 is 0 Å². The van der Waals surface area contributed by atoms with Crippen LogP contribution in [0, 0.1) is 5.82 Å². The second kappa shape index (κ2) is 8.03. The molecule has 32 heavy (non-hydrogen) atoms. The normalized spacial score (nSPS) is 21.0. The average Bonchev–Trinajstić information content (AvgIpc) is 3.09. The maximum Gasteiger partial charge on any atom is 0.240 e. The third-order valence-corrected chi connectivity index (χ3v) is 6.32. The van der Waals surface area contributed by atoms with Crippen LogP contribution in [0.4, 0.5) is 10.1 Å². The molecule has 2 aliphatic heterocycles. The SMILES string of the molecule is COc1cc(N[C@@H]2C[C@]3(OCc4ccc(F)cc43)Oc3cc(Cl)cc(Cl)c32)cc(OC)c1. The van der Waals surface area contributed by atoms with E-state index in [4.69, 9.17) is 42.1 Å². The van der Waals surface area contributed by atoms with Crippen LogP contribution in [0.5, 0.6) is 17.2 Å². The number of fused-ring (bicyclic) bond motifs is 3. The summed E-state index contributed by atoms with van der Waals surface area (Å²) in [5.41, 5.74) is 3.05. The van der Waals surface area contributed by atoms with Gasteiger partial charge in [-0.05, 0) is 29.8 Å². The Labute approximate surface area is 194 Å². The Hall–Kier alpha value is -2.67. The zero-order chi connectivity index (χ0) is 22.5. The van der Waals surface area contributed by atoms with E-state index < -0.39 is 5.79 Å². The van der Waals surface area contributed by atoms with Gasteiger partial charge in [0.15, 0.2) is 0 Å². The van der Waals surface area contributed by atoms with Crippen molar-refractivity contribution in [2.24, 2.45) is 0 Å². The highest BCUT2D eigenvalue weighted by molar-refractivity contribution is 6.35. The van der Waals surface area contributed by atoms with Crippen molar-refractivity contribution in [2.45, 2.75) is 24.9 Å². The molecule has 166 valence electrons. The Balaban J connectivity index is 1.61. The van der Waals surface area contributed by atoms with Gasteiger partial charge in [-0.2, -0.15) is 0 Å². The molecule has 3 aromatic carbocycles. The lowest BCUT2D eigenvalue weighted by atomic mass is 9.89. The first-order chi connectivity index (χ1) is 15.4. The molecule has 1 N–H and O–H groups in total. The molecule has 2 heterocycles. The Bertz CT molecular complexity index is 1180. The molecule has 0 aromatic heterocycles. The van der Waals surface area contributed by atoms with Gasteiger partial charge in [-0.15, -0.1) is 0 Å². The molecule has 8 heteroatoms. The van der Waals surface area contributed by atoms with Crippen molar-refractivity contribution in [3.05, 3.63) is 81.1 Å². The summed E-state index contributed by atoms with van der Waals surface area (Å²) in [6.45, 7) is 0.318. The number of rotatable bonds is 4. The van der Waals surface area contributed by atoms with Crippen molar-refractivity contribution in [1.29, 1.82) is 0 Å². The van der Waals surface area contributed by atoms with Gasteiger partial charge in [0.2, 0.25) is 5.79 Å². The molecule has 2 atom stereocenters. The zero-order valence-corrected chi connectivity index (χ0v) is 18.9. The van der Waals surface area contributed by atoms with Crippen LogP contribution in [-0.2, 0) is 17.1 Å². The molecular weight excluding hydrogens is 456 g/mol. The summed E-state index contributed by atoms with van der Waals surface area (Å²) in [4.78, 5) is 0. The van der Waals surface area contributed by atoms with Crippen LogP contribution in [0.25, 0.3) is 0 Å². The topological polar surface area (TPSA) is 49.0 Å². The number of halogens is 3. The highest BCUT2D eigenvalue weighted by atomic mass is 35.5. The van der Waals surface area contributed by atoms with E-state index in [1.807, 2.05) is 12.1 Å². The first kappa shape index (κ1) is 21.2. The molecule has 0 fully saturated rings. The predicted octanol–water partition coefficient (Wildman–Crippen LogP) is 6.47. The first-order valence-electron chi connectivity index (χ1n) is 10.0. The van der Waals surface area contributed by atoms with Gasteiger partial charge in [0.1, 0.15) is 23.1 Å². The molecule has 1 spiro atoms. The van der Waals surface area contributed by atoms with Crippen LogP contribution < -0.4 is 19.5 Å². The Morgan fingerprint density at radius 1 is 1.03 bits per heavy atom. The van der Waals surface area contributed by atoms with E-state index in [2.05, 4.69) is 5.32 Å². The third kappa shape index (κ3) is 3.62. The fraction of sp³-hybridized carbons (Fsp3) is 0.250. The van der Waals surface area contributed by atoms with Crippen LogP contribution in [0.15, 0.2) is 48.5 Å². The van der Waals surface area contributed by atoms with Gasteiger partial charge in [-0.25, -0.2) is 4.39 Å². The molecular formula is C24H20Cl2FNO4. The molecule has 5 rings (SSSR count). The lowest BCUT2D eigenvalue weighted by Gasteiger charge is -2.40. The summed E-state index contributed by atoms with van der Waals surface area (Å²) in [6, 6.07) is 13.2. The van der Waals surface area contributed by atoms with E-state index in [1.165, 1.54) is 12.1 Å². The maximum absolute atomic E-state index is 14.1. The van der Waals surface area contributed by atoms with Gasteiger partial charge >= 0.3 is 0 Å². The van der Waals surface area contributed by atoms with Gasteiger partial charge in [0, 0.05) is 46.5 Å². The summed E-state index contributed by atoms with van der Waals surface area (Å²) in [7, 11) is 3.18. The molecule has 0 unspecified atom stereocenters. The standard InChI is InChI=1S/C24H20Cl2FNO4/c1-29-17-8-16(9-18(10-17)30-2)28-21-11-24(19-7-15(27)4-3-13(19)12-31-24)32-22-6-14(25)5-20(26)23(21)22/h3-10,21,28H,11-12H2,1-2H3/t21-,24+/m1/s1. The minimum atomic E-state index is -1.17. The fourth-order valence-electron chi connectivity index (χ4n) is 4.34. The lowest BCUT2D eigenvalue weighted by molar-refractivity contribution is -0.196. The highest BCUT2D eigenvalue weighted by Crippen LogP contribution is 2.53. The average molecular weight is 476 g/mol. The van der Waals surface area contributed by atoms with E-state index in [-0.39, 0.29) is 11.9 Å². The number of ether oxygens (including phenoxy) is 4. The maximum atomic E-state index is 14.1. The van der Waals surface area contributed by atoms with Gasteiger partial charge in [0.25, 0.3) is 0 Å². The molecule has 0 saturated carbocycles. The van der Waals surface area contributed by atoms with Gasteiger partial charge in [-0.1, -0.05) is 29.3 Å². The second-order valence-corrected chi connectivity index (χ2v) is 8.59.